The van der Waals surface area contributed by atoms with Crippen LogP contribution in [0.25, 0.3) is 0 Å². The molecule has 1 aromatic rings. The first-order valence-corrected chi connectivity index (χ1v) is 25.9. The first-order chi connectivity index (χ1) is 30.5. The number of halogens is 1. The van der Waals surface area contributed by atoms with E-state index in [-0.39, 0.29) is 34.9 Å². The predicted molar refractivity (Wildman–Crippen MR) is 250 cm³/mol. The number of rotatable bonds is 14. The number of aliphatic hydroxyl groups is 2. The highest BCUT2D eigenvalue weighted by atomic mass is 35.5. The van der Waals surface area contributed by atoms with Crippen LogP contribution in [-0.2, 0) is 39.0 Å². The molecule has 5 aliphatic heterocycles. The highest BCUT2D eigenvalue weighted by Crippen LogP contribution is 2.68. The van der Waals surface area contributed by atoms with Crippen molar-refractivity contribution in [2.24, 2.45) is 40.9 Å². The summed E-state index contributed by atoms with van der Waals surface area (Å²) in [6, 6.07) is 6.73. The molecule has 14 heteroatoms. The standard InChI is InChI=1S/C51H76ClNO11S/c1-11-36(44(56)57)38-19-14-30(5)49(61-38)28-46(49,9)43(55)32(7)41(54)37(12-2)42-29(4)26-31(6)50(62-42)23-20-39(53-45(58)65-27-34-15-17-35(52)18-16-34)51(64-50)25-24-47(10,63-51)40-21-22-48(59,13-3)33(8)60-40/h15-18,20,23,29-33,36-40,42-43,55,59H,11-14,19,21-22,24-28H2,1-10H3,(H,53,58)(H,56,57)/t29-,30-,31+,32+,33-,36+,37?,38+,39+,40+,42-,43+,46?,47-,48+,49+,50-,51-/m0/s1. The largest absolute Gasteiger partial charge is 0.481 e. The number of carboxylic acid groups (broad SMARTS) is 1. The third kappa shape index (κ3) is 9.27. The fraction of sp³-hybridized carbons (Fsp3) is 0.784. The molecule has 1 aliphatic carbocycles. The zero-order valence-electron chi connectivity index (χ0n) is 40.3. The van der Waals surface area contributed by atoms with Crippen molar-refractivity contribution in [2.45, 2.75) is 211 Å². The summed E-state index contributed by atoms with van der Waals surface area (Å²) in [5.74, 6) is -5.17. The van der Waals surface area contributed by atoms with Crippen molar-refractivity contribution in [1.82, 2.24) is 5.32 Å². The van der Waals surface area contributed by atoms with E-state index in [1.165, 1.54) is 0 Å². The molecule has 1 aromatic carbocycles. The lowest BCUT2D eigenvalue weighted by molar-refractivity contribution is -0.397. The monoisotopic (exact) mass is 945 g/mol. The van der Waals surface area contributed by atoms with E-state index < -0.39 is 88.0 Å². The molecule has 5 fully saturated rings. The smallest absolute Gasteiger partial charge is 0.309 e. The van der Waals surface area contributed by atoms with Gasteiger partial charge in [-0.15, -0.1) is 0 Å². The second-order valence-corrected chi connectivity index (χ2v) is 22.7. The van der Waals surface area contributed by atoms with Gasteiger partial charge in [0.2, 0.25) is 0 Å². The summed E-state index contributed by atoms with van der Waals surface area (Å²) < 4.78 is 35.0. The minimum Gasteiger partial charge on any atom is -0.481 e. The fourth-order valence-corrected chi connectivity index (χ4v) is 13.5. The minimum atomic E-state index is -1.35. The molecular formula is C51H76ClNO11S. The first-order valence-electron chi connectivity index (χ1n) is 24.5. The van der Waals surface area contributed by atoms with Crippen LogP contribution < -0.4 is 5.32 Å². The molecule has 5 heterocycles. The minimum absolute atomic E-state index is 0.0278. The van der Waals surface area contributed by atoms with E-state index in [0.29, 0.717) is 75.0 Å². The van der Waals surface area contributed by atoms with Crippen molar-refractivity contribution in [3.8, 4) is 0 Å². The summed E-state index contributed by atoms with van der Waals surface area (Å²) in [4.78, 5) is 40.8. The summed E-state index contributed by atoms with van der Waals surface area (Å²) in [6.07, 6.45) is 7.48. The number of nitrogens with one attached hydrogen (secondary N) is 1. The molecule has 0 bridgehead atoms. The Morgan fingerprint density at radius 1 is 0.923 bits per heavy atom. The summed E-state index contributed by atoms with van der Waals surface area (Å²) in [6.45, 7) is 19.9. The van der Waals surface area contributed by atoms with Crippen molar-refractivity contribution in [3.63, 3.8) is 0 Å². The zero-order chi connectivity index (χ0) is 47.5. The summed E-state index contributed by atoms with van der Waals surface area (Å²) in [5.41, 5.74) is -2.20. The lowest BCUT2D eigenvalue weighted by Gasteiger charge is -2.55. The SMILES string of the molecule is CCC(C(=O)[C@@H](C)[C@@H](O)C1(C)C[C@]12O[C@@H]([C@@H](CC)C(=O)O)CC[C@@H]2C)[C@H]1O[C@]2(C=C[C@@H](NC(=O)SCc3ccc(Cl)cc3)[C@]3(CC[C@@](C)([C@H]4CC[C@](O)(CC)[C@H](C)O4)O3)O2)[C@H](C)C[C@@H]1C. The molecule has 4 saturated heterocycles. The lowest BCUT2D eigenvalue weighted by Crippen LogP contribution is -2.65. The van der Waals surface area contributed by atoms with E-state index in [1.807, 2.05) is 72.8 Å². The number of aliphatic carboxylic acids is 1. The van der Waals surface area contributed by atoms with Crippen LogP contribution in [0.2, 0.25) is 5.02 Å². The van der Waals surface area contributed by atoms with Gasteiger partial charge in [-0.1, -0.05) is 97.0 Å². The molecule has 364 valence electrons. The van der Waals surface area contributed by atoms with Crippen LogP contribution >= 0.6 is 23.4 Å². The van der Waals surface area contributed by atoms with Gasteiger partial charge in [-0.05, 0) is 114 Å². The maximum Gasteiger partial charge on any atom is 0.309 e. The first kappa shape index (κ1) is 50.8. The van der Waals surface area contributed by atoms with E-state index in [4.69, 9.17) is 35.3 Å². The Bertz CT molecular complexity index is 1940. The van der Waals surface area contributed by atoms with E-state index in [2.05, 4.69) is 26.1 Å². The molecule has 4 N–H and O–H groups in total. The number of carbonyl (C=O) groups excluding carboxylic acids is 2. The lowest BCUT2D eigenvalue weighted by atomic mass is 9.72. The second-order valence-electron chi connectivity index (χ2n) is 21.3. The van der Waals surface area contributed by atoms with Crippen LogP contribution in [0, 0.1) is 40.9 Å². The molecule has 1 saturated carbocycles. The number of benzene rings is 1. The molecule has 0 aromatic heterocycles. The number of carbonyl (C=O) groups is 3. The third-order valence-electron chi connectivity index (χ3n) is 17.3. The summed E-state index contributed by atoms with van der Waals surface area (Å²) >= 11 is 7.26. The molecule has 1 amide bonds. The number of hydrogen-bond acceptors (Lipinski definition) is 11. The van der Waals surface area contributed by atoms with Gasteiger partial charge in [-0.3, -0.25) is 14.4 Å². The number of carboxylic acids is 1. The summed E-state index contributed by atoms with van der Waals surface area (Å²) in [5, 5.41) is 37.0. The van der Waals surface area contributed by atoms with Crippen molar-refractivity contribution in [2.75, 3.05) is 0 Å². The van der Waals surface area contributed by atoms with Crippen LogP contribution in [-0.4, -0.2) is 97.3 Å². The summed E-state index contributed by atoms with van der Waals surface area (Å²) in [7, 11) is 0. The molecule has 12 nitrogen and oxygen atoms in total. The Morgan fingerprint density at radius 2 is 1.62 bits per heavy atom. The van der Waals surface area contributed by atoms with Gasteiger partial charge in [-0.25, -0.2) is 0 Å². The molecule has 7 rings (SSSR count). The van der Waals surface area contributed by atoms with E-state index in [1.54, 1.807) is 12.1 Å². The quantitative estimate of drug-likeness (QED) is 0.131. The average Bonchev–Trinajstić information content (AvgIpc) is 3.73. The van der Waals surface area contributed by atoms with Crippen LogP contribution in [0.1, 0.15) is 145 Å². The highest BCUT2D eigenvalue weighted by molar-refractivity contribution is 8.12. The molecule has 2 unspecified atom stereocenters. The van der Waals surface area contributed by atoms with Gasteiger partial charge >= 0.3 is 5.97 Å². The van der Waals surface area contributed by atoms with Gasteiger partial charge in [0.1, 0.15) is 11.8 Å². The normalized spacial score (nSPS) is 43.3. The molecule has 0 radical (unpaired) electrons. The van der Waals surface area contributed by atoms with Crippen LogP contribution in [0.4, 0.5) is 4.79 Å². The van der Waals surface area contributed by atoms with Crippen molar-refractivity contribution in [1.29, 1.82) is 0 Å². The number of Topliss-reactive ketones (excluding diaryl/α,β-unsaturated/α-hetero) is 1. The number of amides is 1. The highest BCUT2D eigenvalue weighted by Gasteiger charge is 2.74. The number of aliphatic hydroxyl groups excluding tert-OH is 1. The van der Waals surface area contributed by atoms with Crippen LogP contribution in [0.15, 0.2) is 36.4 Å². The number of thioether (sulfide) groups is 1. The Hall–Kier alpha value is -2.07. The second kappa shape index (κ2) is 19.0. The van der Waals surface area contributed by atoms with E-state index in [9.17, 15) is 29.7 Å². The van der Waals surface area contributed by atoms with E-state index in [0.717, 1.165) is 23.7 Å². The maximum atomic E-state index is 14.9. The van der Waals surface area contributed by atoms with Gasteiger partial charge in [-0.2, -0.15) is 0 Å². The average molecular weight is 947 g/mol. The Labute approximate surface area is 396 Å². The van der Waals surface area contributed by atoms with E-state index >= 15 is 0 Å². The fourth-order valence-electron chi connectivity index (χ4n) is 12.7. The Morgan fingerprint density at radius 3 is 2.25 bits per heavy atom. The Kier molecular flexibility index (Phi) is 14.9. The van der Waals surface area contributed by atoms with Crippen LogP contribution in [0.3, 0.4) is 0 Å². The molecule has 3 spiro atoms. The zero-order valence-corrected chi connectivity index (χ0v) is 41.8. The van der Waals surface area contributed by atoms with Crippen LogP contribution in [0.5, 0.6) is 0 Å². The van der Waals surface area contributed by atoms with Gasteiger partial charge in [0.25, 0.3) is 5.24 Å². The van der Waals surface area contributed by atoms with Gasteiger partial charge in [0.15, 0.2) is 11.6 Å². The molecule has 65 heavy (non-hydrogen) atoms. The number of ether oxygens (including phenoxy) is 5. The number of ketones is 1. The molecular weight excluding hydrogens is 870 g/mol. The van der Waals surface area contributed by atoms with Gasteiger partial charge in [0.05, 0.1) is 53.2 Å². The third-order valence-corrected chi connectivity index (χ3v) is 18.4. The van der Waals surface area contributed by atoms with Crippen molar-refractivity contribution in [3.05, 3.63) is 47.0 Å². The maximum absolute atomic E-state index is 14.9. The van der Waals surface area contributed by atoms with Gasteiger partial charge < -0.3 is 44.3 Å². The number of hydrogen-bond donors (Lipinski definition) is 4. The topological polar surface area (TPSA) is 170 Å². The molecule has 18 atom stereocenters. The Balaban J connectivity index is 1.12. The molecule has 6 aliphatic rings. The predicted octanol–water partition coefficient (Wildman–Crippen LogP) is 9.64. The van der Waals surface area contributed by atoms with Gasteiger partial charge in [0, 0.05) is 40.4 Å². The van der Waals surface area contributed by atoms with Crippen molar-refractivity contribution < 1.29 is 53.4 Å². The van der Waals surface area contributed by atoms with Crippen molar-refractivity contribution >= 4 is 40.4 Å².